The fourth-order valence-electron chi connectivity index (χ4n) is 3.02. The van der Waals surface area contributed by atoms with E-state index in [1.54, 1.807) is 12.1 Å². The van der Waals surface area contributed by atoms with Crippen molar-refractivity contribution in [1.29, 1.82) is 0 Å². The lowest BCUT2D eigenvalue weighted by Gasteiger charge is -2.28. The van der Waals surface area contributed by atoms with E-state index in [0.717, 1.165) is 25.2 Å². The van der Waals surface area contributed by atoms with Gasteiger partial charge in [-0.05, 0) is 42.0 Å². The van der Waals surface area contributed by atoms with Gasteiger partial charge in [0.2, 0.25) is 5.91 Å². The molecular formula is C18H27FN4O2. The standard InChI is InChI=1S/C18H27FN4O2/c1-18(2,3)15(16(20)24)22-17(25)21-10-12-8-9-23(11-12)14-6-4-13(19)5-7-14/h4-7,12,15H,8-11H2,1-3H3,(H2,20,24)(H2,21,22,25)/t12-,15-/m1/s1. The first-order valence-corrected chi connectivity index (χ1v) is 8.51. The molecule has 2 rings (SSSR count). The van der Waals surface area contributed by atoms with Crippen LogP contribution in [0.25, 0.3) is 0 Å². The summed E-state index contributed by atoms with van der Waals surface area (Å²) >= 11 is 0. The normalized spacial score (nSPS) is 18.7. The van der Waals surface area contributed by atoms with E-state index in [2.05, 4.69) is 15.5 Å². The average molecular weight is 350 g/mol. The molecule has 0 aliphatic carbocycles. The second-order valence-corrected chi connectivity index (χ2v) is 7.63. The van der Waals surface area contributed by atoms with Crippen molar-refractivity contribution < 1.29 is 14.0 Å². The average Bonchev–Trinajstić information content (AvgIpc) is 2.99. The number of rotatable bonds is 5. The molecule has 1 aromatic rings. The molecule has 1 aliphatic rings. The van der Waals surface area contributed by atoms with Gasteiger partial charge in [0.1, 0.15) is 11.9 Å². The summed E-state index contributed by atoms with van der Waals surface area (Å²) in [6, 6.07) is 5.30. The number of nitrogens with zero attached hydrogens (tertiary/aromatic N) is 1. The topological polar surface area (TPSA) is 87.5 Å². The van der Waals surface area contributed by atoms with Crippen LogP contribution in [0.5, 0.6) is 0 Å². The lowest BCUT2D eigenvalue weighted by atomic mass is 9.86. The molecule has 0 radical (unpaired) electrons. The summed E-state index contributed by atoms with van der Waals surface area (Å²) in [7, 11) is 0. The maximum Gasteiger partial charge on any atom is 0.315 e. The van der Waals surface area contributed by atoms with Crippen molar-refractivity contribution >= 4 is 17.6 Å². The van der Waals surface area contributed by atoms with Gasteiger partial charge in [-0.2, -0.15) is 0 Å². The molecule has 0 saturated carbocycles. The zero-order valence-electron chi connectivity index (χ0n) is 15.0. The molecule has 0 aromatic heterocycles. The molecule has 25 heavy (non-hydrogen) atoms. The number of carbonyl (C=O) groups excluding carboxylic acids is 2. The van der Waals surface area contributed by atoms with Crippen LogP contribution in [0.1, 0.15) is 27.2 Å². The zero-order chi connectivity index (χ0) is 18.6. The molecule has 1 aromatic carbocycles. The largest absolute Gasteiger partial charge is 0.371 e. The van der Waals surface area contributed by atoms with Gasteiger partial charge < -0.3 is 21.3 Å². The van der Waals surface area contributed by atoms with Crippen LogP contribution in [0, 0.1) is 17.2 Å². The van der Waals surface area contributed by atoms with Crippen LogP contribution in [-0.2, 0) is 4.79 Å². The summed E-state index contributed by atoms with van der Waals surface area (Å²) in [6.07, 6.45) is 0.941. The molecule has 0 unspecified atom stereocenters. The van der Waals surface area contributed by atoms with Crippen molar-refractivity contribution in [2.75, 3.05) is 24.5 Å². The van der Waals surface area contributed by atoms with Crippen molar-refractivity contribution in [2.45, 2.75) is 33.2 Å². The Morgan fingerprint density at radius 2 is 1.96 bits per heavy atom. The smallest absolute Gasteiger partial charge is 0.315 e. The molecule has 138 valence electrons. The number of hydrogen-bond acceptors (Lipinski definition) is 3. The number of benzene rings is 1. The number of anilines is 1. The van der Waals surface area contributed by atoms with Crippen LogP contribution in [0.4, 0.5) is 14.9 Å². The Morgan fingerprint density at radius 1 is 1.32 bits per heavy atom. The number of carbonyl (C=O) groups is 2. The number of urea groups is 1. The third-order valence-electron chi connectivity index (χ3n) is 4.45. The summed E-state index contributed by atoms with van der Waals surface area (Å²) in [5.41, 5.74) is 5.90. The van der Waals surface area contributed by atoms with Gasteiger partial charge in [0.05, 0.1) is 0 Å². The predicted octanol–water partition coefficient (Wildman–Crippen LogP) is 1.85. The van der Waals surface area contributed by atoms with Crippen LogP contribution in [0.2, 0.25) is 0 Å². The molecule has 7 heteroatoms. The molecule has 4 N–H and O–H groups in total. The van der Waals surface area contributed by atoms with Crippen molar-refractivity contribution in [3.63, 3.8) is 0 Å². The van der Waals surface area contributed by atoms with Crippen LogP contribution in [0.3, 0.4) is 0 Å². The summed E-state index contributed by atoms with van der Waals surface area (Å²) in [5, 5.41) is 5.47. The lowest BCUT2D eigenvalue weighted by Crippen LogP contribution is -2.55. The van der Waals surface area contributed by atoms with Gasteiger partial charge in [0, 0.05) is 25.3 Å². The van der Waals surface area contributed by atoms with E-state index < -0.39 is 17.4 Å². The first-order chi connectivity index (χ1) is 11.7. The highest BCUT2D eigenvalue weighted by molar-refractivity contribution is 5.86. The number of nitrogens with one attached hydrogen (secondary N) is 2. The Hall–Kier alpha value is -2.31. The van der Waals surface area contributed by atoms with Gasteiger partial charge in [-0.25, -0.2) is 9.18 Å². The number of primary amides is 1. The van der Waals surface area contributed by atoms with E-state index >= 15 is 0 Å². The number of amides is 3. The number of halogens is 1. The number of hydrogen-bond donors (Lipinski definition) is 3. The maximum atomic E-state index is 13.0. The van der Waals surface area contributed by atoms with Crippen molar-refractivity contribution in [3.8, 4) is 0 Å². The Balaban J connectivity index is 1.81. The second-order valence-electron chi connectivity index (χ2n) is 7.63. The summed E-state index contributed by atoms with van der Waals surface area (Å²) in [4.78, 5) is 25.7. The van der Waals surface area contributed by atoms with Crippen LogP contribution in [-0.4, -0.2) is 37.6 Å². The molecular weight excluding hydrogens is 323 g/mol. The summed E-state index contributed by atoms with van der Waals surface area (Å²) < 4.78 is 13.0. The molecule has 0 spiro atoms. The highest BCUT2D eigenvalue weighted by atomic mass is 19.1. The first-order valence-electron chi connectivity index (χ1n) is 8.51. The van der Waals surface area contributed by atoms with Gasteiger partial charge in [0.25, 0.3) is 0 Å². The minimum atomic E-state index is -0.730. The van der Waals surface area contributed by atoms with Crippen molar-refractivity contribution in [3.05, 3.63) is 30.1 Å². The lowest BCUT2D eigenvalue weighted by molar-refractivity contribution is -0.122. The Labute approximate surface area is 147 Å². The molecule has 1 aliphatic heterocycles. The van der Waals surface area contributed by atoms with E-state index in [1.165, 1.54) is 12.1 Å². The SMILES string of the molecule is CC(C)(C)[C@H](NC(=O)NC[C@H]1CCN(c2ccc(F)cc2)C1)C(N)=O. The molecule has 6 nitrogen and oxygen atoms in total. The summed E-state index contributed by atoms with van der Waals surface area (Å²) in [5.74, 6) is -0.496. The van der Waals surface area contributed by atoms with Crippen molar-refractivity contribution in [1.82, 2.24) is 10.6 Å². The molecule has 1 heterocycles. The fourth-order valence-corrected chi connectivity index (χ4v) is 3.02. The second kappa shape index (κ2) is 7.72. The van der Waals surface area contributed by atoms with Gasteiger partial charge in [-0.3, -0.25) is 4.79 Å². The Morgan fingerprint density at radius 3 is 2.52 bits per heavy atom. The highest BCUT2D eigenvalue weighted by Crippen LogP contribution is 2.23. The van der Waals surface area contributed by atoms with Crippen LogP contribution in [0.15, 0.2) is 24.3 Å². The van der Waals surface area contributed by atoms with E-state index in [9.17, 15) is 14.0 Å². The molecule has 3 amide bonds. The molecule has 1 fully saturated rings. The van der Waals surface area contributed by atoms with E-state index in [1.807, 2.05) is 20.8 Å². The van der Waals surface area contributed by atoms with Crippen LogP contribution < -0.4 is 21.3 Å². The van der Waals surface area contributed by atoms with Crippen molar-refractivity contribution in [2.24, 2.45) is 17.1 Å². The summed E-state index contributed by atoms with van der Waals surface area (Å²) in [6.45, 7) is 7.72. The zero-order valence-corrected chi connectivity index (χ0v) is 15.0. The maximum absolute atomic E-state index is 13.0. The number of nitrogens with two attached hydrogens (primary N) is 1. The third-order valence-corrected chi connectivity index (χ3v) is 4.45. The Bertz CT molecular complexity index is 612. The monoisotopic (exact) mass is 350 g/mol. The van der Waals surface area contributed by atoms with Gasteiger partial charge >= 0.3 is 6.03 Å². The molecule has 0 bridgehead atoms. The first kappa shape index (κ1) is 19.0. The Kier molecular flexibility index (Phi) is 5.87. The quantitative estimate of drug-likeness (QED) is 0.757. The minimum absolute atomic E-state index is 0.249. The molecule has 2 atom stereocenters. The van der Waals surface area contributed by atoms with Gasteiger partial charge in [0.15, 0.2) is 0 Å². The van der Waals surface area contributed by atoms with Gasteiger partial charge in [-0.1, -0.05) is 20.8 Å². The van der Waals surface area contributed by atoms with E-state index in [4.69, 9.17) is 5.73 Å². The van der Waals surface area contributed by atoms with Gasteiger partial charge in [-0.15, -0.1) is 0 Å². The highest BCUT2D eigenvalue weighted by Gasteiger charge is 2.31. The van der Waals surface area contributed by atoms with E-state index in [-0.39, 0.29) is 11.8 Å². The predicted molar refractivity (Wildman–Crippen MR) is 95.7 cm³/mol. The molecule has 1 saturated heterocycles. The minimum Gasteiger partial charge on any atom is -0.371 e. The van der Waals surface area contributed by atoms with E-state index in [0.29, 0.717) is 12.5 Å². The van der Waals surface area contributed by atoms with Crippen LogP contribution >= 0.6 is 0 Å². The third kappa shape index (κ3) is 5.34. The fraction of sp³-hybridized carbons (Fsp3) is 0.556.